The number of guanidine groups is 1. The molecular weight excluding hydrogens is 430 g/mol. The molecule has 0 amide bonds. The van der Waals surface area contributed by atoms with Gasteiger partial charge in [-0.2, -0.15) is 0 Å². The summed E-state index contributed by atoms with van der Waals surface area (Å²) in [4.78, 5) is 6.88. The molecule has 1 saturated carbocycles. The molecule has 3 rings (SSSR count). The van der Waals surface area contributed by atoms with E-state index in [9.17, 15) is 4.39 Å². The Hall–Kier alpha value is -0.890. The summed E-state index contributed by atoms with van der Waals surface area (Å²) in [7, 11) is 1.82. The molecule has 1 atom stereocenters. The van der Waals surface area contributed by atoms with Gasteiger partial charge in [0.1, 0.15) is 5.82 Å². The molecule has 1 heterocycles. The van der Waals surface area contributed by atoms with Crippen LogP contribution in [0, 0.1) is 5.82 Å². The number of hydrogen-bond acceptors (Lipinski definition) is 2. The van der Waals surface area contributed by atoms with Crippen LogP contribution in [0.4, 0.5) is 4.39 Å². The van der Waals surface area contributed by atoms with Gasteiger partial charge in [-0.05, 0) is 56.5 Å². The summed E-state index contributed by atoms with van der Waals surface area (Å²) < 4.78 is 13.1. The van der Waals surface area contributed by atoms with Crippen molar-refractivity contribution in [2.24, 2.45) is 4.99 Å². The summed E-state index contributed by atoms with van der Waals surface area (Å²) in [5.41, 5.74) is 1.37. The van der Waals surface area contributed by atoms with Crippen molar-refractivity contribution < 1.29 is 4.39 Å². The van der Waals surface area contributed by atoms with Crippen LogP contribution >= 0.6 is 24.0 Å². The Bertz CT molecular complexity index is 571. The SMILES string of the molecule is CCN1CCCC1CNC(=NC)NCC1(c2ccc(F)cc2)CC1.I. The molecule has 0 aromatic heterocycles. The number of nitrogens with zero attached hydrogens (tertiary/aromatic N) is 2. The van der Waals surface area contributed by atoms with E-state index in [1.54, 1.807) is 12.1 Å². The molecule has 0 bridgehead atoms. The third-order valence-electron chi connectivity index (χ3n) is 5.54. The Kier molecular flexibility index (Phi) is 7.49. The Balaban J connectivity index is 0.00000225. The predicted octanol–water partition coefficient (Wildman–Crippen LogP) is 3.12. The second-order valence-electron chi connectivity index (χ2n) is 7.02. The minimum atomic E-state index is -0.169. The van der Waals surface area contributed by atoms with Crippen LogP contribution in [0.25, 0.3) is 0 Å². The highest BCUT2D eigenvalue weighted by Gasteiger charge is 2.44. The monoisotopic (exact) mass is 460 g/mol. The second-order valence-corrected chi connectivity index (χ2v) is 7.02. The van der Waals surface area contributed by atoms with Crippen LogP contribution in [0.3, 0.4) is 0 Å². The van der Waals surface area contributed by atoms with Crippen LogP contribution in [0.5, 0.6) is 0 Å². The zero-order chi connectivity index (χ0) is 17.0. The van der Waals surface area contributed by atoms with E-state index in [0.29, 0.717) is 6.04 Å². The van der Waals surface area contributed by atoms with E-state index in [1.807, 2.05) is 19.2 Å². The lowest BCUT2D eigenvalue weighted by atomic mass is 9.96. The zero-order valence-corrected chi connectivity index (χ0v) is 17.6. The van der Waals surface area contributed by atoms with Crippen molar-refractivity contribution in [3.05, 3.63) is 35.6 Å². The highest BCUT2D eigenvalue weighted by atomic mass is 127. The molecule has 140 valence electrons. The molecule has 0 spiro atoms. The van der Waals surface area contributed by atoms with Gasteiger partial charge in [0.2, 0.25) is 0 Å². The molecule has 25 heavy (non-hydrogen) atoms. The molecule has 1 saturated heterocycles. The maximum Gasteiger partial charge on any atom is 0.191 e. The van der Waals surface area contributed by atoms with E-state index in [2.05, 4.69) is 27.4 Å². The Labute approximate surface area is 167 Å². The molecule has 2 aliphatic rings. The van der Waals surface area contributed by atoms with E-state index in [-0.39, 0.29) is 35.2 Å². The van der Waals surface area contributed by atoms with E-state index >= 15 is 0 Å². The smallest absolute Gasteiger partial charge is 0.191 e. The van der Waals surface area contributed by atoms with Crippen molar-refractivity contribution >= 4 is 29.9 Å². The van der Waals surface area contributed by atoms with E-state index < -0.39 is 0 Å². The van der Waals surface area contributed by atoms with Gasteiger partial charge in [0.15, 0.2) is 5.96 Å². The van der Waals surface area contributed by atoms with Gasteiger partial charge in [0.05, 0.1) is 0 Å². The van der Waals surface area contributed by atoms with Crippen LogP contribution in [0.15, 0.2) is 29.3 Å². The highest BCUT2D eigenvalue weighted by molar-refractivity contribution is 14.0. The van der Waals surface area contributed by atoms with Gasteiger partial charge in [-0.1, -0.05) is 19.1 Å². The van der Waals surface area contributed by atoms with Crippen LogP contribution in [0.2, 0.25) is 0 Å². The molecule has 1 aromatic carbocycles. The summed E-state index contributed by atoms with van der Waals surface area (Å²) in [6.45, 7) is 6.34. The molecule has 1 aliphatic carbocycles. The molecule has 1 aromatic rings. The number of benzene rings is 1. The highest BCUT2D eigenvalue weighted by Crippen LogP contribution is 2.47. The lowest BCUT2D eigenvalue weighted by Crippen LogP contribution is -2.46. The predicted molar refractivity (Wildman–Crippen MR) is 112 cm³/mol. The third-order valence-corrected chi connectivity index (χ3v) is 5.54. The van der Waals surface area contributed by atoms with Gasteiger partial charge in [0.25, 0.3) is 0 Å². The quantitative estimate of drug-likeness (QED) is 0.390. The maximum absolute atomic E-state index is 13.1. The number of hydrogen-bond donors (Lipinski definition) is 2. The first-order valence-electron chi connectivity index (χ1n) is 9.11. The number of likely N-dealkylation sites (N-methyl/N-ethyl adjacent to an activating group) is 1. The number of halogens is 2. The standard InChI is InChI=1S/C19H29FN4.HI/c1-3-24-12-4-5-17(24)13-22-18(21-2)23-14-19(10-11-19)15-6-8-16(20)9-7-15;/h6-9,17H,3-5,10-14H2,1-2H3,(H2,21,22,23);1H. The molecule has 0 radical (unpaired) electrons. The third kappa shape index (κ3) is 5.06. The Morgan fingerprint density at radius 3 is 2.60 bits per heavy atom. The first kappa shape index (κ1) is 20.4. The fourth-order valence-electron chi connectivity index (χ4n) is 3.75. The number of aliphatic imine (C=N–C) groups is 1. The topological polar surface area (TPSA) is 39.7 Å². The fourth-order valence-corrected chi connectivity index (χ4v) is 3.75. The summed E-state index contributed by atoms with van der Waals surface area (Å²) in [5, 5.41) is 6.94. The minimum absolute atomic E-state index is 0. The summed E-state index contributed by atoms with van der Waals surface area (Å²) >= 11 is 0. The molecular formula is C19H30FIN4. The fraction of sp³-hybridized carbons (Fsp3) is 0.632. The first-order valence-corrected chi connectivity index (χ1v) is 9.11. The summed E-state index contributed by atoms with van der Waals surface area (Å²) in [5.74, 6) is 0.698. The van der Waals surface area contributed by atoms with Gasteiger partial charge in [0, 0.05) is 31.6 Å². The Morgan fingerprint density at radius 1 is 1.28 bits per heavy atom. The molecule has 2 fully saturated rings. The number of rotatable bonds is 6. The van der Waals surface area contributed by atoms with Crippen LogP contribution in [-0.4, -0.2) is 50.1 Å². The van der Waals surface area contributed by atoms with Crippen LogP contribution in [-0.2, 0) is 5.41 Å². The maximum atomic E-state index is 13.1. The molecule has 1 aliphatic heterocycles. The minimum Gasteiger partial charge on any atom is -0.356 e. The van der Waals surface area contributed by atoms with Crippen molar-refractivity contribution in [2.75, 3.05) is 33.2 Å². The van der Waals surface area contributed by atoms with Crippen molar-refractivity contribution in [3.8, 4) is 0 Å². The largest absolute Gasteiger partial charge is 0.356 e. The average molecular weight is 460 g/mol. The lowest BCUT2D eigenvalue weighted by molar-refractivity contribution is 0.267. The average Bonchev–Trinajstić information content (AvgIpc) is 3.25. The van der Waals surface area contributed by atoms with Crippen LogP contribution < -0.4 is 10.6 Å². The van der Waals surface area contributed by atoms with Crippen molar-refractivity contribution in [3.63, 3.8) is 0 Å². The van der Waals surface area contributed by atoms with Crippen LogP contribution in [0.1, 0.15) is 38.2 Å². The van der Waals surface area contributed by atoms with Gasteiger partial charge in [-0.25, -0.2) is 4.39 Å². The Morgan fingerprint density at radius 2 is 2.00 bits per heavy atom. The molecule has 2 N–H and O–H groups in total. The van der Waals surface area contributed by atoms with Crippen molar-refractivity contribution in [2.45, 2.75) is 44.1 Å². The molecule has 4 nitrogen and oxygen atoms in total. The van der Waals surface area contributed by atoms with Gasteiger partial charge < -0.3 is 10.6 Å². The molecule has 6 heteroatoms. The van der Waals surface area contributed by atoms with Crippen molar-refractivity contribution in [1.82, 2.24) is 15.5 Å². The zero-order valence-electron chi connectivity index (χ0n) is 15.2. The van der Waals surface area contributed by atoms with Gasteiger partial charge in [-0.15, -0.1) is 24.0 Å². The van der Waals surface area contributed by atoms with Crippen molar-refractivity contribution in [1.29, 1.82) is 0 Å². The van der Waals surface area contributed by atoms with E-state index in [1.165, 1.54) is 24.9 Å². The van der Waals surface area contributed by atoms with E-state index in [0.717, 1.165) is 38.4 Å². The first-order chi connectivity index (χ1) is 11.7. The normalized spacial score (nSPS) is 22.4. The molecule has 1 unspecified atom stereocenters. The number of likely N-dealkylation sites (tertiary alicyclic amines) is 1. The van der Waals surface area contributed by atoms with Gasteiger partial charge in [-0.3, -0.25) is 9.89 Å². The number of nitrogens with one attached hydrogen (secondary N) is 2. The summed E-state index contributed by atoms with van der Waals surface area (Å²) in [6, 6.07) is 7.56. The second kappa shape index (κ2) is 9.16. The van der Waals surface area contributed by atoms with E-state index in [4.69, 9.17) is 0 Å². The summed E-state index contributed by atoms with van der Waals surface area (Å²) in [6.07, 6.45) is 4.85. The van der Waals surface area contributed by atoms with Gasteiger partial charge >= 0.3 is 0 Å². The lowest BCUT2D eigenvalue weighted by Gasteiger charge is -2.24.